The number of halogens is 1. The molecule has 0 aliphatic carbocycles. The highest BCUT2D eigenvalue weighted by molar-refractivity contribution is 6.22. The minimum absolute atomic E-state index is 0.0427. The highest BCUT2D eigenvalue weighted by atomic mass is 19.1. The first-order valence-corrected chi connectivity index (χ1v) is 14.4. The molecule has 0 bridgehead atoms. The van der Waals surface area contributed by atoms with E-state index < -0.39 is 17.8 Å². The Balaban J connectivity index is 1.31. The molecule has 1 aromatic heterocycles. The highest BCUT2D eigenvalue weighted by Crippen LogP contribution is 2.34. The normalized spacial score (nSPS) is 13.6. The number of hydrazine groups is 2. The van der Waals surface area contributed by atoms with Gasteiger partial charge in [-0.1, -0.05) is 13.8 Å². The number of urea groups is 1. The summed E-state index contributed by atoms with van der Waals surface area (Å²) < 4.78 is 21.1. The Bertz CT molecular complexity index is 1670. The number of hydrogen-bond donors (Lipinski definition) is 5. The molecule has 0 saturated carbocycles. The number of nitrogens with zero attached hydrogens (tertiary/aromatic N) is 5. The molecule has 1 aliphatic heterocycles. The Morgan fingerprint density at radius 3 is 2.57 bits per heavy atom. The molecule has 46 heavy (non-hydrogen) atoms. The molecule has 2 aromatic carbocycles. The van der Waals surface area contributed by atoms with Crippen LogP contribution >= 0.6 is 0 Å². The SMILES string of the molecule is CC(C)c1cc(C(=N)N(C(N)=O)c2ccc3c(ccn3CCOCCN(C)C(=O)CCN3C=C(F)C(=O)NN3[O-])c2)c(O)cc1O. The number of fused-ring (bicyclic) bond motifs is 1. The zero-order chi connectivity index (χ0) is 33.7. The number of benzene rings is 2. The van der Waals surface area contributed by atoms with Crippen LogP contribution in [0.3, 0.4) is 0 Å². The molecule has 4 amide bonds. The number of phenols is 2. The van der Waals surface area contributed by atoms with Crippen molar-refractivity contribution >= 4 is 40.3 Å². The van der Waals surface area contributed by atoms with E-state index >= 15 is 0 Å². The van der Waals surface area contributed by atoms with Crippen LogP contribution in [0.4, 0.5) is 14.9 Å². The Labute approximate surface area is 263 Å². The summed E-state index contributed by atoms with van der Waals surface area (Å²) in [6.07, 6.45) is 2.49. The molecule has 0 spiro atoms. The number of hydrogen-bond acceptors (Lipinski definition) is 10. The number of nitrogens with one attached hydrogen (secondary N) is 2. The molecule has 2 heterocycles. The summed E-state index contributed by atoms with van der Waals surface area (Å²) in [5, 5.41) is 42.7. The Kier molecular flexibility index (Phi) is 10.5. The zero-order valence-corrected chi connectivity index (χ0v) is 25.6. The van der Waals surface area contributed by atoms with E-state index in [1.54, 1.807) is 30.7 Å². The summed E-state index contributed by atoms with van der Waals surface area (Å²) in [5.74, 6) is -3.49. The maximum absolute atomic E-state index is 13.4. The van der Waals surface area contributed by atoms with Crippen molar-refractivity contribution in [3.8, 4) is 11.5 Å². The maximum Gasteiger partial charge on any atom is 0.325 e. The van der Waals surface area contributed by atoms with E-state index in [-0.39, 0.29) is 66.1 Å². The molecule has 16 heteroatoms. The summed E-state index contributed by atoms with van der Waals surface area (Å²) >= 11 is 0. The van der Waals surface area contributed by atoms with Crippen LogP contribution in [0.5, 0.6) is 11.5 Å². The van der Waals surface area contributed by atoms with Crippen LogP contribution in [-0.2, 0) is 20.9 Å². The first-order chi connectivity index (χ1) is 21.8. The molecule has 15 nitrogen and oxygen atoms in total. The van der Waals surface area contributed by atoms with Gasteiger partial charge in [-0.15, -0.1) is 0 Å². The van der Waals surface area contributed by atoms with Gasteiger partial charge in [-0.05, 0) is 41.8 Å². The number of nitrogens with two attached hydrogens (primary N) is 1. The van der Waals surface area contributed by atoms with Gasteiger partial charge in [0.05, 0.1) is 30.7 Å². The molecule has 1 aliphatic rings. The van der Waals surface area contributed by atoms with Gasteiger partial charge < -0.3 is 40.4 Å². The summed E-state index contributed by atoms with van der Waals surface area (Å²) in [6.45, 7) is 4.90. The largest absolute Gasteiger partial charge is 0.749 e. The Hall–Kier alpha value is -5.19. The number of phenolic OH excluding ortho intramolecular Hbond substituents is 2. The van der Waals surface area contributed by atoms with Gasteiger partial charge >= 0.3 is 6.03 Å². The van der Waals surface area contributed by atoms with Crippen molar-refractivity contribution in [2.45, 2.75) is 32.7 Å². The Morgan fingerprint density at radius 1 is 1.13 bits per heavy atom. The standard InChI is InChI=1S/C30H36FN8O7/c1-18(2)21-15-22(26(41)16-25(21)40)28(32)38(30(33)44)20-4-5-24-19(14-20)6-8-36(24)11-13-46-12-10-35(3)27(42)7-9-37-17-23(31)29(43)34-39(37)45/h4-6,8,14-18,32,40-41H,7,9-13H2,1-3H3,(H2,33,44)(H,34,43)/q-1. The molecule has 0 fully saturated rings. The molecule has 0 radical (unpaired) electrons. The van der Waals surface area contributed by atoms with E-state index in [0.29, 0.717) is 24.4 Å². The van der Waals surface area contributed by atoms with E-state index in [1.165, 1.54) is 11.0 Å². The van der Waals surface area contributed by atoms with Crippen molar-refractivity contribution in [3.63, 3.8) is 0 Å². The predicted octanol–water partition coefficient (Wildman–Crippen LogP) is 2.82. The van der Waals surface area contributed by atoms with Crippen molar-refractivity contribution in [2.75, 3.05) is 38.3 Å². The number of aromatic hydroxyl groups is 2. The fourth-order valence-electron chi connectivity index (χ4n) is 4.85. The second-order valence-corrected chi connectivity index (χ2v) is 10.9. The number of likely N-dealkylation sites (N-methyl/N-ethyl adjacent to an activating group) is 1. The van der Waals surface area contributed by atoms with Gasteiger partial charge in [-0.25, -0.2) is 15.0 Å². The third-order valence-electron chi connectivity index (χ3n) is 7.42. The number of primary amides is 1. The number of ether oxygens (including phenoxy) is 1. The fourth-order valence-corrected chi connectivity index (χ4v) is 4.85. The second-order valence-electron chi connectivity index (χ2n) is 10.9. The number of amides is 4. The van der Waals surface area contributed by atoms with Crippen molar-refractivity contribution in [1.29, 1.82) is 5.41 Å². The lowest BCUT2D eigenvalue weighted by molar-refractivity contribution is -0.134. The van der Waals surface area contributed by atoms with Gasteiger partial charge in [-0.3, -0.25) is 20.4 Å². The first kappa shape index (κ1) is 33.7. The topological polar surface area (TPSA) is 204 Å². The molecular formula is C30H36FN8O7-. The van der Waals surface area contributed by atoms with E-state index in [1.807, 2.05) is 30.7 Å². The van der Waals surface area contributed by atoms with E-state index in [0.717, 1.165) is 33.1 Å². The molecule has 6 N–H and O–H groups in total. The fraction of sp³-hybridized carbons (Fsp3) is 0.333. The minimum atomic E-state index is -1.15. The van der Waals surface area contributed by atoms with Gasteiger partial charge in [0.2, 0.25) is 11.7 Å². The molecule has 0 atom stereocenters. The zero-order valence-electron chi connectivity index (χ0n) is 25.6. The smallest absolute Gasteiger partial charge is 0.325 e. The number of aromatic nitrogens is 1. The van der Waals surface area contributed by atoms with Crippen molar-refractivity contribution in [2.24, 2.45) is 5.73 Å². The van der Waals surface area contributed by atoms with Gasteiger partial charge in [0, 0.05) is 56.3 Å². The van der Waals surface area contributed by atoms with Crippen LogP contribution in [0.1, 0.15) is 37.3 Å². The van der Waals surface area contributed by atoms with E-state index in [4.69, 9.17) is 15.9 Å². The second kappa shape index (κ2) is 14.3. The van der Waals surface area contributed by atoms with Crippen LogP contribution in [0, 0.1) is 10.6 Å². The lowest BCUT2D eigenvalue weighted by Crippen LogP contribution is -2.51. The van der Waals surface area contributed by atoms with Crippen LogP contribution in [0.2, 0.25) is 0 Å². The average Bonchev–Trinajstić information content (AvgIpc) is 3.39. The van der Waals surface area contributed by atoms with Gasteiger partial charge in [0.1, 0.15) is 17.3 Å². The number of carbonyl (C=O) groups excluding carboxylic acids is 3. The minimum Gasteiger partial charge on any atom is -0.749 e. The third-order valence-corrected chi connectivity index (χ3v) is 7.42. The quantitative estimate of drug-likeness (QED) is 0.112. The summed E-state index contributed by atoms with van der Waals surface area (Å²) in [5.41, 5.74) is 9.12. The highest BCUT2D eigenvalue weighted by Gasteiger charge is 2.25. The van der Waals surface area contributed by atoms with Gasteiger partial charge in [0.15, 0.2) is 0 Å². The monoisotopic (exact) mass is 639 g/mol. The predicted molar refractivity (Wildman–Crippen MR) is 167 cm³/mol. The van der Waals surface area contributed by atoms with Gasteiger partial charge in [0.25, 0.3) is 5.91 Å². The van der Waals surface area contributed by atoms with Crippen molar-refractivity contribution in [1.82, 2.24) is 25.2 Å². The average molecular weight is 640 g/mol. The van der Waals surface area contributed by atoms with Crippen LogP contribution in [0.15, 0.2) is 54.6 Å². The van der Waals surface area contributed by atoms with Crippen LogP contribution in [0.25, 0.3) is 10.9 Å². The molecule has 0 saturated heterocycles. The first-order valence-electron chi connectivity index (χ1n) is 14.4. The summed E-state index contributed by atoms with van der Waals surface area (Å²) in [6, 6.07) is 8.63. The molecule has 246 valence electrons. The van der Waals surface area contributed by atoms with Crippen molar-refractivity contribution < 1.29 is 33.7 Å². The molecule has 3 aromatic rings. The molecule has 4 rings (SSSR count). The van der Waals surface area contributed by atoms with Crippen LogP contribution in [-0.4, -0.2) is 87.0 Å². The van der Waals surface area contributed by atoms with Gasteiger partial charge in [-0.2, -0.15) is 4.39 Å². The Morgan fingerprint density at radius 2 is 1.87 bits per heavy atom. The molecular weight excluding hydrogens is 603 g/mol. The number of anilines is 1. The lowest BCUT2D eigenvalue weighted by atomic mass is 9.98. The van der Waals surface area contributed by atoms with E-state index in [9.17, 15) is 34.2 Å². The summed E-state index contributed by atoms with van der Waals surface area (Å²) in [7, 11) is 1.58. The van der Waals surface area contributed by atoms with Crippen molar-refractivity contribution in [3.05, 3.63) is 71.0 Å². The van der Waals surface area contributed by atoms with Crippen LogP contribution < -0.4 is 16.1 Å². The number of carbonyl (C=O) groups is 3. The van der Waals surface area contributed by atoms with E-state index in [2.05, 4.69) is 0 Å². The number of rotatable bonds is 12. The number of amidine groups is 1. The summed E-state index contributed by atoms with van der Waals surface area (Å²) in [4.78, 5) is 38.4. The lowest BCUT2D eigenvalue weighted by Gasteiger charge is -2.41. The third kappa shape index (κ3) is 7.53. The maximum atomic E-state index is 13.4. The molecule has 0 unspecified atom stereocenters.